The Morgan fingerprint density at radius 2 is 2.20 bits per heavy atom. The molecule has 0 bridgehead atoms. The molecule has 0 saturated heterocycles. The summed E-state index contributed by atoms with van der Waals surface area (Å²) in [6.07, 6.45) is 0. The Kier molecular flexibility index (Phi) is 1.97. The van der Waals surface area contributed by atoms with Crippen LogP contribution in [-0.2, 0) is 0 Å². The summed E-state index contributed by atoms with van der Waals surface area (Å²) in [5.41, 5.74) is -0.132. The summed E-state index contributed by atoms with van der Waals surface area (Å²) in [6, 6.07) is 3.73. The van der Waals surface area contributed by atoms with Crippen LogP contribution in [-0.4, -0.2) is 0 Å². The third-order valence-electron chi connectivity index (χ3n) is 1.04. The predicted molar refractivity (Wildman–Crippen MR) is 35.4 cm³/mol. The van der Waals surface area contributed by atoms with Crippen molar-refractivity contribution in [3.8, 4) is 0 Å². The molecule has 0 saturated carbocycles. The molecule has 0 fully saturated rings. The maximum Gasteiger partial charge on any atom is 0.290 e. The highest BCUT2D eigenvalue weighted by Gasteiger charge is 2.07. The van der Waals surface area contributed by atoms with E-state index >= 15 is 0 Å². The van der Waals surface area contributed by atoms with Gasteiger partial charge >= 0.3 is 0 Å². The quantitative estimate of drug-likeness (QED) is 0.652. The van der Waals surface area contributed by atoms with E-state index in [0.717, 1.165) is 6.07 Å². The van der Waals surface area contributed by atoms with Gasteiger partial charge in [0.05, 0.1) is 0 Å². The molecular formula is C6H4ClFNO+. The van der Waals surface area contributed by atoms with Gasteiger partial charge in [0.2, 0.25) is 0 Å². The minimum Gasteiger partial charge on any atom is -0.199 e. The third-order valence-corrected chi connectivity index (χ3v) is 1.27. The van der Waals surface area contributed by atoms with Crippen LogP contribution >= 0.6 is 11.6 Å². The minimum atomic E-state index is -0.598. The summed E-state index contributed by atoms with van der Waals surface area (Å²) < 4.78 is 12.4. The van der Waals surface area contributed by atoms with Crippen molar-refractivity contribution >= 4 is 17.3 Å². The molecule has 1 aromatic rings. The van der Waals surface area contributed by atoms with Crippen LogP contribution in [0.2, 0.25) is 5.02 Å². The van der Waals surface area contributed by atoms with E-state index in [-0.39, 0.29) is 5.69 Å². The highest BCUT2D eigenvalue weighted by Crippen LogP contribution is 2.14. The Morgan fingerprint density at radius 3 is 2.70 bits per heavy atom. The lowest BCUT2D eigenvalue weighted by Crippen LogP contribution is -2.56. The molecule has 1 N–H and O–H groups in total. The highest BCUT2D eigenvalue weighted by molar-refractivity contribution is 6.30. The fourth-order valence-corrected chi connectivity index (χ4v) is 0.748. The molecule has 0 heterocycles. The Bertz CT molecular complexity index is 264. The first kappa shape index (κ1) is 7.15. The predicted octanol–water partition coefficient (Wildman–Crippen LogP) is 0.958. The van der Waals surface area contributed by atoms with Crippen LogP contribution in [0.3, 0.4) is 0 Å². The molecule has 1 aromatic carbocycles. The first-order valence-electron chi connectivity index (χ1n) is 2.57. The first-order chi connectivity index (χ1) is 4.74. The number of halogens is 2. The fourth-order valence-electron chi connectivity index (χ4n) is 0.576. The molecule has 0 spiro atoms. The molecule has 0 aliphatic heterocycles. The largest absolute Gasteiger partial charge is 0.290 e. The van der Waals surface area contributed by atoms with Gasteiger partial charge in [0.1, 0.15) is 0 Å². The Morgan fingerprint density at radius 1 is 1.50 bits per heavy atom. The van der Waals surface area contributed by atoms with Gasteiger partial charge in [-0.05, 0) is 12.1 Å². The van der Waals surface area contributed by atoms with Crippen LogP contribution in [0.15, 0.2) is 18.2 Å². The van der Waals surface area contributed by atoms with E-state index in [0.29, 0.717) is 5.02 Å². The summed E-state index contributed by atoms with van der Waals surface area (Å²) in [6.45, 7) is 0. The molecule has 0 amide bonds. The molecule has 10 heavy (non-hydrogen) atoms. The molecule has 0 aliphatic rings. The monoisotopic (exact) mass is 160 g/mol. The van der Waals surface area contributed by atoms with Gasteiger partial charge in [-0.25, -0.2) is 0 Å². The molecule has 4 heteroatoms. The number of nitroso groups, excluding NO2 is 1. The maximum absolute atomic E-state index is 12.4. The summed E-state index contributed by atoms with van der Waals surface area (Å²) >= 11 is 5.45. The number of benzene rings is 1. The van der Waals surface area contributed by atoms with E-state index in [1.807, 2.05) is 0 Å². The molecule has 0 aromatic heterocycles. The second kappa shape index (κ2) is 2.75. The molecule has 52 valence electrons. The lowest BCUT2D eigenvalue weighted by Gasteiger charge is -1.86. The summed E-state index contributed by atoms with van der Waals surface area (Å²) in [5.74, 6) is -0.598. The van der Waals surface area contributed by atoms with Crippen LogP contribution in [0, 0.1) is 10.7 Å². The van der Waals surface area contributed by atoms with Gasteiger partial charge in [0, 0.05) is 21.2 Å². The van der Waals surface area contributed by atoms with Crippen LogP contribution in [0.1, 0.15) is 0 Å². The zero-order valence-electron chi connectivity index (χ0n) is 4.90. The van der Waals surface area contributed by atoms with E-state index < -0.39 is 5.82 Å². The zero-order chi connectivity index (χ0) is 7.56. The van der Waals surface area contributed by atoms with Crippen LogP contribution in [0.5, 0.6) is 0 Å². The summed E-state index contributed by atoms with van der Waals surface area (Å²) in [4.78, 5) is 9.96. The van der Waals surface area contributed by atoms with Gasteiger partial charge in [-0.2, -0.15) is 4.39 Å². The lowest BCUT2D eigenvalue weighted by atomic mass is 10.3. The Hall–Kier alpha value is -0.960. The summed E-state index contributed by atoms with van der Waals surface area (Å²) in [5, 5.41) is 1.76. The molecule has 0 atom stereocenters. The smallest absolute Gasteiger partial charge is 0.199 e. The van der Waals surface area contributed by atoms with Crippen molar-refractivity contribution in [3.63, 3.8) is 0 Å². The lowest BCUT2D eigenvalue weighted by molar-refractivity contribution is -0.382. The van der Waals surface area contributed by atoms with Crippen molar-refractivity contribution < 1.29 is 9.57 Å². The van der Waals surface area contributed by atoms with Crippen molar-refractivity contribution in [1.82, 2.24) is 0 Å². The molecule has 1 rings (SSSR count). The minimum absolute atomic E-state index is 0.132. The molecular weight excluding hydrogens is 157 g/mol. The number of rotatable bonds is 1. The first-order valence-corrected chi connectivity index (χ1v) is 2.95. The maximum atomic E-state index is 12.4. The second-order valence-corrected chi connectivity index (χ2v) is 2.16. The molecule has 0 radical (unpaired) electrons. The van der Waals surface area contributed by atoms with Crippen molar-refractivity contribution in [3.05, 3.63) is 33.9 Å². The van der Waals surface area contributed by atoms with E-state index in [2.05, 4.69) is 0 Å². The van der Waals surface area contributed by atoms with E-state index in [1.54, 1.807) is 0 Å². The van der Waals surface area contributed by atoms with Crippen molar-refractivity contribution in [1.29, 1.82) is 0 Å². The van der Waals surface area contributed by atoms with Gasteiger partial charge in [0.15, 0.2) is 5.82 Å². The van der Waals surface area contributed by atoms with Gasteiger partial charge in [0.25, 0.3) is 5.69 Å². The number of hydrogen-bond acceptors (Lipinski definition) is 1. The van der Waals surface area contributed by atoms with Crippen molar-refractivity contribution in [2.45, 2.75) is 0 Å². The zero-order valence-corrected chi connectivity index (χ0v) is 5.65. The van der Waals surface area contributed by atoms with Gasteiger partial charge in [-0.3, -0.25) is 0 Å². The average Bonchev–Trinajstić information content (AvgIpc) is 1.94. The third kappa shape index (κ3) is 1.30. The highest BCUT2D eigenvalue weighted by atomic mass is 35.5. The standard InChI is InChI=1S/C6H3ClFNO/c7-4-1-2-5(8)6(3-4)9-10/h1-3H/p+1. The molecule has 0 aliphatic carbocycles. The average molecular weight is 161 g/mol. The SMILES string of the molecule is O=[NH+]c1cc(Cl)ccc1F. The van der Waals surface area contributed by atoms with Crippen molar-refractivity contribution in [2.75, 3.05) is 0 Å². The number of hydrogen-bond donors (Lipinski definition) is 1. The van der Waals surface area contributed by atoms with Crippen LogP contribution in [0.4, 0.5) is 10.1 Å². The topological polar surface area (TPSA) is 31.0 Å². The molecule has 0 unspecified atom stereocenters. The van der Waals surface area contributed by atoms with Gasteiger partial charge in [-0.15, -0.1) is 0 Å². The Balaban J connectivity index is 3.21. The van der Waals surface area contributed by atoms with E-state index in [9.17, 15) is 9.30 Å². The Labute approximate surface area is 61.6 Å². The normalized spacial score (nSPS) is 9.40. The fraction of sp³-hybridized carbons (Fsp3) is 0. The van der Waals surface area contributed by atoms with Crippen LogP contribution in [0.25, 0.3) is 0 Å². The molecule has 2 nitrogen and oxygen atoms in total. The summed E-state index contributed by atoms with van der Waals surface area (Å²) in [7, 11) is 0. The van der Waals surface area contributed by atoms with Gasteiger partial charge in [-0.1, -0.05) is 11.6 Å². The van der Waals surface area contributed by atoms with E-state index in [4.69, 9.17) is 11.6 Å². The van der Waals surface area contributed by atoms with Crippen molar-refractivity contribution in [2.24, 2.45) is 0 Å². The van der Waals surface area contributed by atoms with Gasteiger partial charge < -0.3 is 0 Å². The number of nitrogens with one attached hydrogen (secondary N) is 1. The van der Waals surface area contributed by atoms with Crippen LogP contribution < -0.4 is 5.18 Å². The van der Waals surface area contributed by atoms with E-state index in [1.165, 1.54) is 17.3 Å². The second-order valence-electron chi connectivity index (χ2n) is 1.73.